The van der Waals surface area contributed by atoms with Gasteiger partial charge >= 0.3 is 0 Å². The zero-order chi connectivity index (χ0) is 16.4. The summed E-state index contributed by atoms with van der Waals surface area (Å²) in [5, 5.41) is 3.11. The summed E-state index contributed by atoms with van der Waals surface area (Å²) in [6.45, 7) is 0. The van der Waals surface area contributed by atoms with Crippen molar-refractivity contribution in [2.24, 2.45) is 0 Å². The highest BCUT2D eigenvalue weighted by Gasteiger charge is 2.40. The molecule has 1 heterocycles. The number of imide groups is 1. The lowest BCUT2D eigenvalue weighted by molar-refractivity contribution is -0.121. The monoisotopic (exact) mass is 374 g/mol. The molecule has 0 bridgehead atoms. The molecule has 0 radical (unpaired) electrons. The molecule has 6 heteroatoms. The van der Waals surface area contributed by atoms with E-state index in [4.69, 9.17) is 4.74 Å². The SMILES string of the molecule is COc1ccccc1N[C@H]1CC(=O)N(c2ccccc2Br)C1=O. The molecule has 1 atom stereocenters. The van der Waals surface area contributed by atoms with Gasteiger partial charge in [-0.15, -0.1) is 0 Å². The van der Waals surface area contributed by atoms with E-state index >= 15 is 0 Å². The van der Waals surface area contributed by atoms with E-state index in [1.54, 1.807) is 31.4 Å². The summed E-state index contributed by atoms with van der Waals surface area (Å²) in [6.07, 6.45) is 0.109. The molecule has 1 saturated heterocycles. The number of anilines is 2. The molecule has 3 rings (SSSR count). The second kappa shape index (κ2) is 6.42. The minimum atomic E-state index is -0.606. The van der Waals surface area contributed by atoms with E-state index in [0.29, 0.717) is 21.6 Å². The Balaban J connectivity index is 1.86. The predicted octanol–water partition coefficient (Wildman–Crippen LogP) is 3.20. The van der Waals surface area contributed by atoms with Crippen molar-refractivity contribution < 1.29 is 14.3 Å². The number of ether oxygens (including phenoxy) is 1. The number of methoxy groups -OCH3 is 1. The molecular formula is C17H15BrN2O3. The van der Waals surface area contributed by atoms with Crippen LogP contribution in [0.5, 0.6) is 5.75 Å². The van der Waals surface area contributed by atoms with Gasteiger partial charge in [0.2, 0.25) is 5.91 Å². The van der Waals surface area contributed by atoms with Crippen molar-refractivity contribution in [2.45, 2.75) is 12.5 Å². The predicted molar refractivity (Wildman–Crippen MR) is 91.7 cm³/mol. The Morgan fingerprint density at radius 3 is 2.57 bits per heavy atom. The number of nitrogens with zero attached hydrogens (tertiary/aromatic N) is 1. The van der Waals surface area contributed by atoms with E-state index in [-0.39, 0.29) is 18.2 Å². The van der Waals surface area contributed by atoms with Gasteiger partial charge in [-0.2, -0.15) is 0 Å². The number of carbonyl (C=O) groups excluding carboxylic acids is 2. The van der Waals surface area contributed by atoms with Crippen molar-refractivity contribution in [2.75, 3.05) is 17.3 Å². The van der Waals surface area contributed by atoms with Crippen molar-refractivity contribution in [1.29, 1.82) is 0 Å². The maximum atomic E-state index is 12.7. The molecule has 5 nitrogen and oxygen atoms in total. The van der Waals surface area contributed by atoms with E-state index in [0.717, 1.165) is 0 Å². The van der Waals surface area contributed by atoms with Crippen LogP contribution in [0.4, 0.5) is 11.4 Å². The van der Waals surface area contributed by atoms with Gasteiger partial charge in [0.15, 0.2) is 0 Å². The third-order valence-electron chi connectivity index (χ3n) is 3.68. The van der Waals surface area contributed by atoms with Gasteiger partial charge in [-0.3, -0.25) is 9.59 Å². The van der Waals surface area contributed by atoms with Gasteiger partial charge in [-0.05, 0) is 40.2 Å². The second-order valence-electron chi connectivity index (χ2n) is 5.12. The van der Waals surface area contributed by atoms with Crippen LogP contribution in [-0.4, -0.2) is 25.0 Å². The lowest BCUT2D eigenvalue weighted by Gasteiger charge is -2.18. The quantitative estimate of drug-likeness (QED) is 0.834. The average Bonchev–Trinajstić information content (AvgIpc) is 2.83. The fraction of sp³-hybridized carbons (Fsp3) is 0.176. The minimum absolute atomic E-state index is 0.109. The number of carbonyl (C=O) groups is 2. The van der Waals surface area contributed by atoms with Crippen LogP contribution in [0.25, 0.3) is 0 Å². The van der Waals surface area contributed by atoms with Gasteiger partial charge in [0.1, 0.15) is 11.8 Å². The molecule has 23 heavy (non-hydrogen) atoms. The Morgan fingerprint density at radius 1 is 1.13 bits per heavy atom. The molecule has 1 fully saturated rings. The van der Waals surface area contributed by atoms with Crippen LogP contribution in [0.1, 0.15) is 6.42 Å². The molecule has 0 aromatic heterocycles. The molecule has 0 aliphatic carbocycles. The van der Waals surface area contributed by atoms with Crippen LogP contribution in [0.2, 0.25) is 0 Å². The van der Waals surface area contributed by atoms with Crippen molar-refractivity contribution in [3.8, 4) is 5.75 Å². The highest BCUT2D eigenvalue weighted by molar-refractivity contribution is 9.10. The van der Waals surface area contributed by atoms with Gasteiger partial charge in [0, 0.05) is 4.47 Å². The largest absolute Gasteiger partial charge is 0.495 e. The molecule has 118 valence electrons. The van der Waals surface area contributed by atoms with Crippen LogP contribution in [-0.2, 0) is 9.59 Å². The van der Waals surface area contributed by atoms with Crippen molar-refractivity contribution in [3.63, 3.8) is 0 Å². The molecular weight excluding hydrogens is 360 g/mol. The normalized spacial score (nSPS) is 17.5. The van der Waals surface area contributed by atoms with Crippen molar-refractivity contribution in [3.05, 3.63) is 53.0 Å². The first-order chi connectivity index (χ1) is 11.1. The summed E-state index contributed by atoms with van der Waals surface area (Å²) in [5.74, 6) is 0.134. The van der Waals surface area contributed by atoms with Crippen LogP contribution >= 0.6 is 15.9 Å². The van der Waals surface area contributed by atoms with Gasteiger partial charge in [0.05, 0.1) is 24.9 Å². The first-order valence-electron chi connectivity index (χ1n) is 7.12. The van der Waals surface area contributed by atoms with Crippen molar-refractivity contribution >= 4 is 39.1 Å². The lowest BCUT2D eigenvalue weighted by atomic mass is 10.2. The number of para-hydroxylation sites is 3. The summed E-state index contributed by atoms with van der Waals surface area (Å²) >= 11 is 3.38. The number of benzene rings is 2. The van der Waals surface area contributed by atoms with Gasteiger partial charge in [0.25, 0.3) is 5.91 Å². The highest BCUT2D eigenvalue weighted by Crippen LogP contribution is 2.32. The van der Waals surface area contributed by atoms with E-state index in [2.05, 4.69) is 21.2 Å². The van der Waals surface area contributed by atoms with Gasteiger partial charge in [-0.1, -0.05) is 24.3 Å². The number of nitrogens with one attached hydrogen (secondary N) is 1. The summed E-state index contributed by atoms with van der Waals surface area (Å²) in [7, 11) is 1.57. The molecule has 0 saturated carbocycles. The Morgan fingerprint density at radius 2 is 1.83 bits per heavy atom. The molecule has 2 aromatic carbocycles. The van der Waals surface area contributed by atoms with E-state index in [9.17, 15) is 9.59 Å². The molecule has 1 N–H and O–H groups in total. The number of rotatable bonds is 4. The number of amides is 2. The molecule has 1 aliphatic rings. The number of hydrogen-bond donors (Lipinski definition) is 1. The molecule has 2 aromatic rings. The van der Waals surface area contributed by atoms with E-state index in [1.807, 2.05) is 24.3 Å². The Kier molecular flexibility index (Phi) is 4.34. The van der Waals surface area contributed by atoms with Crippen LogP contribution in [0.3, 0.4) is 0 Å². The fourth-order valence-electron chi connectivity index (χ4n) is 2.58. The maximum Gasteiger partial charge on any atom is 0.256 e. The zero-order valence-corrected chi connectivity index (χ0v) is 14.0. The Bertz CT molecular complexity index is 763. The zero-order valence-electron chi connectivity index (χ0n) is 12.5. The summed E-state index contributed by atoms with van der Waals surface area (Å²) in [4.78, 5) is 26.2. The first kappa shape index (κ1) is 15.6. The lowest BCUT2D eigenvalue weighted by Crippen LogP contribution is -2.35. The molecule has 2 amide bonds. The number of halogens is 1. The smallest absolute Gasteiger partial charge is 0.256 e. The first-order valence-corrected chi connectivity index (χ1v) is 7.92. The van der Waals surface area contributed by atoms with Crippen LogP contribution in [0.15, 0.2) is 53.0 Å². The van der Waals surface area contributed by atoms with Crippen LogP contribution in [0, 0.1) is 0 Å². The average molecular weight is 375 g/mol. The Hall–Kier alpha value is -2.34. The topological polar surface area (TPSA) is 58.6 Å². The molecule has 0 unspecified atom stereocenters. The van der Waals surface area contributed by atoms with E-state index in [1.165, 1.54) is 4.90 Å². The second-order valence-corrected chi connectivity index (χ2v) is 5.97. The van der Waals surface area contributed by atoms with E-state index < -0.39 is 6.04 Å². The fourth-order valence-corrected chi connectivity index (χ4v) is 3.04. The van der Waals surface area contributed by atoms with Crippen LogP contribution < -0.4 is 15.0 Å². The van der Waals surface area contributed by atoms with Gasteiger partial charge in [-0.25, -0.2) is 4.90 Å². The number of hydrogen-bond acceptors (Lipinski definition) is 4. The minimum Gasteiger partial charge on any atom is -0.495 e. The molecule has 0 spiro atoms. The third-order valence-corrected chi connectivity index (χ3v) is 4.35. The summed E-state index contributed by atoms with van der Waals surface area (Å²) in [6, 6.07) is 13.9. The Labute approximate surface area is 142 Å². The molecule has 1 aliphatic heterocycles. The maximum absolute atomic E-state index is 12.7. The highest BCUT2D eigenvalue weighted by atomic mass is 79.9. The van der Waals surface area contributed by atoms with Gasteiger partial charge < -0.3 is 10.1 Å². The van der Waals surface area contributed by atoms with Crippen molar-refractivity contribution in [1.82, 2.24) is 0 Å². The summed E-state index contributed by atoms with van der Waals surface area (Å²) < 4.78 is 5.98. The standard InChI is InChI=1S/C17H15BrN2O3/c1-23-15-9-5-3-7-12(15)19-13-10-16(21)20(17(13)22)14-8-4-2-6-11(14)18/h2-9,13,19H,10H2,1H3/t13-/m0/s1. The third kappa shape index (κ3) is 2.94. The summed E-state index contributed by atoms with van der Waals surface area (Å²) in [5.41, 5.74) is 1.25.